The Morgan fingerprint density at radius 2 is 1.79 bits per heavy atom. The van der Waals surface area contributed by atoms with Gasteiger partial charge in [-0.25, -0.2) is 9.97 Å². The first kappa shape index (κ1) is 13.5. The molecule has 0 amide bonds. The van der Waals surface area contributed by atoms with Gasteiger partial charge in [-0.3, -0.25) is 0 Å². The maximum Gasteiger partial charge on any atom is 0.115 e. The van der Waals surface area contributed by atoms with Gasteiger partial charge in [-0.1, -0.05) is 37.6 Å². The summed E-state index contributed by atoms with van der Waals surface area (Å²) < 4.78 is 0. The highest BCUT2D eigenvalue weighted by Gasteiger charge is 2.05. The summed E-state index contributed by atoms with van der Waals surface area (Å²) in [5.41, 5.74) is 3.65. The predicted molar refractivity (Wildman–Crippen MR) is 79.1 cm³/mol. The van der Waals surface area contributed by atoms with Crippen LogP contribution in [-0.2, 0) is 6.42 Å². The minimum atomic E-state index is 0.256. The van der Waals surface area contributed by atoms with E-state index in [9.17, 15) is 0 Å². The molecule has 0 fully saturated rings. The van der Waals surface area contributed by atoms with Crippen LogP contribution in [0.4, 0.5) is 5.69 Å². The SMILES string of the molecule is CCCCc1ccc(C(C)Nc2cncnc2)cc1. The molecule has 0 aliphatic rings. The summed E-state index contributed by atoms with van der Waals surface area (Å²) in [4.78, 5) is 8.01. The highest BCUT2D eigenvalue weighted by molar-refractivity contribution is 5.41. The van der Waals surface area contributed by atoms with Crippen molar-refractivity contribution in [1.82, 2.24) is 9.97 Å². The summed E-state index contributed by atoms with van der Waals surface area (Å²) in [5, 5.41) is 3.40. The molecular formula is C16H21N3. The maximum absolute atomic E-state index is 4.01. The molecule has 3 nitrogen and oxygen atoms in total. The zero-order valence-corrected chi connectivity index (χ0v) is 11.6. The number of nitrogens with one attached hydrogen (secondary N) is 1. The fourth-order valence-electron chi connectivity index (χ4n) is 2.06. The van der Waals surface area contributed by atoms with Gasteiger partial charge in [0.05, 0.1) is 18.1 Å². The van der Waals surface area contributed by atoms with Crippen LogP contribution in [0.2, 0.25) is 0 Å². The summed E-state index contributed by atoms with van der Waals surface area (Å²) in [6, 6.07) is 9.11. The van der Waals surface area contributed by atoms with E-state index in [1.54, 1.807) is 18.7 Å². The quantitative estimate of drug-likeness (QED) is 0.848. The highest BCUT2D eigenvalue weighted by atomic mass is 15.0. The lowest BCUT2D eigenvalue weighted by molar-refractivity contribution is 0.793. The molecule has 0 aliphatic heterocycles. The van der Waals surface area contributed by atoms with Gasteiger partial charge in [-0.05, 0) is 30.9 Å². The smallest absolute Gasteiger partial charge is 0.115 e. The minimum Gasteiger partial charge on any atom is -0.376 e. The Hall–Kier alpha value is -1.90. The Bertz CT molecular complexity index is 479. The van der Waals surface area contributed by atoms with Gasteiger partial charge in [-0.2, -0.15) is 0 Å². The third-order valence-electron chi connectivity index (χ3n) is 3.24. The fourth-order valence-corrected chi connectivity index (χ4v) is 2.06. The molecule has 0 aliphatic carbocycles. The van der Waals surface area contributed by atoms with Crippen molar-refractivity contribution in [3.05, 3.63) is 54.1 Å². The number of hydrogen-bond acceptors (Lipinski definition) is 3. The number of nitrogens with zero attached hydrogens (tertiary/aromatic N) is 2. The zero-order chi connectivity index (χ0) is 13.5. The lowest BCUT2D eigenvalue weighted by atomic mass is 10.0. The molecule has 1 atom stereocenters. The second-order valence-electron chi connectivity index (χ2n) is 4.84. The van der Waals surface area contributed by atoms with Gasteiger partial charge in [0.2, 0.25) is 0 Å². The van der Waals surface area contributed by atoms with E-state index in [4.69, 9.17) is 0 Å². The topological polar surface area (TPSA) is 37.8 Å². The predicted octanol–water partition coefficient (Wildman–Crippen LogP) is 3.99. The van der Waals surface area contributed by atoms with Gasteiger partial charge in [0.15, 0.2) is 0 Å². The van der Waals surface area contributed by atoms with Crippen LogP contribution in [-0.4, -0.2) is 9.97 Å². The van der Waals surface area contributed by atoms with Crippen molar-refractivity contribution in [2.24, 2.45) is 0 Å². The number of anilines is 1. The van der Waals surface area contributed by atoms with E-state index < -0.39 is 0 Å². The Balaban J connectivity index is 1.97. The molecule has 0 radical (unpaired) electrons. The molecule has 0 bridgehead atoms. The van der Waals surface area contributed by atoms with Gasteiger partial charge in [0, 0.05) is 6.04 Å². The molecule has 1 aromatic heterocycles. The third kappa shape index (κ3) is 4.05. The minimum absolute atomic E-state index is 0.256. The first-order valence-corrected chi connectivity index (χ1v) is 6.90. The number of aryl methyl sites for hydroxylation is 1. The van der Waals surface area contributed by atoms with Crippen LogP contribution >= 0.6 is 0 Å². The van der Waals surface area contributed by atoms with E-state index >= 15 is 0 Å². The lowest BCUT2D eigenvalue weighted by Crippen LogP contribution is -2.07. The molecule has 1 aromatic carbocycles. The molecule has 0 saturated carbocycles. The maximum atomic E-state index is 4.01. The largest absolute Gasteiger partial charge is 0.376 e. The average Bonchev–Trinajstić information content (AvgIpc) is 2.46. The second kappa shape index (κ2) is 6.88. The highest BCUT2D eigenvalue weighted by Crippen LogP contribution is 2.19. The summed E-state index contributed by atoms with van der Waals surface area (Å²) in [5.74, 6) is 0. The van der Waals surface area contributed by atoms with Crippen LogP contribution in [0, 0.1) is 0 Å². The second-order valence-corrected chi connectivity index (χ2v) is 4.84. The van der Waals surface area contributed by atoms with Crippen molar-refractivity contribution in [2.45, 2.75) is 39.2 Å². The Kier molecular flexibility index (Phi) is 4.90. The average molecular weight is 255 g/mol. The molecule has 0 saturated heterocycles. The van der Waals surface area contributed by atoms with Crippen LogP contribution in [0.5, 0.6) is 0 Å². The van der Waals surface area contributed by atoms with Crippen molar-refractivity contribution in [2.75, 3.05) is 5.32 Å². The van der Waals surface area contributed by atoms with Crippen molar-refractivity contribution in [3.8, 4) is 0 Å². The first-order chi connectivity index (χ1) is 9.29. The van der Waals surface area contributed by atoms with Gasteiger partial charge in [0.25, 0.3) is 0 Å². The molecule has 2 rings (SSSR count). The van der Waals surface area contributed by atoms with Gasteiger partial charge < -0.3 is 5.32 Å². The Morgan fingerprint density at radius 3 is 2.42 bits per heavy atom. The molecule has 1 heterocycles. The Labute approximate surface area is 115 Å². The van der Waals surface area contributed by atoms with Crippen molar-refractivity contribution >= 4 is 5.69 Å². The molecule has 2 aromatic rings. The third-order valence-corrected chi connectivity index (χ3v) is 3.24. The van der Waals surface area contributed by atoms with E-state index in [1.807, 2.05) is 0 Å². The Morgan fingerprint density at radius 1 is 1.11 bits per heavy atom. The monoisotopic (exact) mass is 255 g/mol. The van der Waals surface area contributed by atoms with E-state index in [0.29, 0.717) is 0 Å². The molecule has 100 valence electrons. The van der Waals surface area contributed by atoms with Gasteiger partial charge in [0.1, 0.15) is 6.33 Å². The van der Waals surface area contributed by atoms with Gasteiger partial charge in [-0.15, -0.1) is 0 Å². The summed E-state index contributed by atoms with van der Waals surface area (Å²) in [6.07, 6.45) is 8.80. The van der Waals surface area contributed by atoms with Crippen LogP contribution in [0.25, 0.3) is 0 Å². The molecule has 1 unspecified atom stereocenters. The van der Waals surface area contributed by atoms with Crippen molar-refractivity contribution in [1.29, 1.82) is 0 Å². The number of hydrogen-bond donors (Lipinski definition) is 1. The number of benzene rings is 1. The summed E-state index contributed by atoms with van der Waals surface area (Å²) in [6.45, 7) is 4.37. The summed E-state index contributed by atoms with van der Waals surface area (Å²) >= 11 is 0. The first-order valence-electron chi connectivity index (χ1n) is 6.90. The van der Waals surface area contributed by atoms with E-state index in [2.05, 4.69) is 53.4 Å². The van der Waals surface area contributed by atoms with Crippen LogP contribution in [0.3, 0.4) is 0 Å². The molecule has 1 N–H and O–H groups in total. The normalized spacial score (nSPS) is 12.1. The number of rotatable bonds is 6. The van der Waals surface area contributed by atoms with Crippen molar-refractivity contribution in [3.63, 3.8) is 0 Å². The summed E-state index contributed by atoms with van der Waals surface area (Å²) in [7, 11) is 0. The zero-order valence-electron chi connectivity index (χ0n) is 11.6. The van der Waals surface area contributed by atoms with Crippen molar-refractivity contribution < 1.29 is 0 Å². The molecular weight excluding hydrogens is 234 g/mol. The van der Waals surface area contributed by atoms with E-state index in [0.717, 1.165) is 5.69 Å². The van der Waals surface area contributed by atoms with Crippen LogP contribution in [0.1, 0.15) is 43.9 Å². The van der Waals surface area contributed by atoms with Crippen LogP contribution in [0.15, 0.2) is 43.0 Å². The van der Waals surface area contributed by atoms with Crippen LogP contribution < -0.4 is 5.32 Å². The molecule has 3 heteroatoms. The number of aromatic nitrogens is 2. The molecule has 19 heavy (non-hydrogen) atoms. The van der Waals surface area contributed by atoms with E-state index in [1.165, 1.54) is 30.4 Å². The van der Waals surface area contributed by atoms with Gasteiger partial charge >= 0.3 is 0 Å². The lowest BCUT2D eigenvalue weighted by Gasteiger charge is -2.15. The molecule has 0 spiro atoms. The fraction of sp³-hybridized carbons (Fsp3) is 0.375. The number of unbranched alkanes of at least 4 members (excludes halogenated alkanes) is 1. The standard InChI is InChI=1S/C16H21N3/c1-3-4-5-14-6-8-15(9-7-14)13(2)19-16-10-17-12-18-11-16/h6-13,19H,3-5H2,1-2H3. The van der Waals surface area contributed by atoms with E-state index in [-0.39, 0.29) is 6.04 Å².